The van der Waals surface area contributed by atoms with Gasteiger partial charge >= 0.3 is 0 Å². The molecular formula is C30H32N2O4. The predicted octanol–water partition coefficient (Wildman–Crippen LogP) is 5.78. The van der Waals surface area contributed by atoms with E-state index in [-0.39, 0.29) is 17.4 Å². The van der Waals surface area contributed by atoms with Gasteiger partial charge in [-0.25, -0.2) is 0 Å². The van der Waals surface area contributed by atoms with Crippen LogP contribution in [0.2, 0.25) is 0 Å². The molecule has 1 aliphatic rings. The second-order valence-corrected chi connectivity index (χ2v) is 9.59. The third-order valence-electron chi connectivity index (χ3n) is 6.36. The van der Waals surface area contributed by atoms with Crippen LogP contribution in [0.15, 0.2) is 72.3 Å². The zero-order chi connectivity index (χ0) is 26.1. The Morgan fingerprint density at radius 3 is 2.19 bits per heavy atom. The summed E-state index contributed by atoms with van der Waals surface area (Å²) < 4.78 is 5.82. The Hall–Kier alpha value is -4.06. The Morgan fingerprint density at radius 2 is 1.61 bits per heavy atom. The number of amides is 1. The number of aryl methyl sites for hydroxylation is 2. The number of hydrogen-bond donors (Lipinski definition) is 1. The van der Waals surface area contributed by atoms with Crippen LogP contribution in [0, 0.1) is 13.8 Å². The second kappa shape index (κ2) is 9.90. The molecule has 0 aromatic heterocycles. The number of hydrogen-bond acceptors (Lipinski definition) is 5. The van der Waals surface area contributed by atoms with E-state index in [0.29, 0.717) is 17.0 Å². The average Bonchev–Trinajstić information content (AvgIpc) is 3.10. The van der Waals surface area contributed by atoms with Gasteiger partial charge in [0.25, 0.3) is 11.7 Å². The summed E-state index contributed by atoms with van der Waals surface area (Å²) in [6.07, 6.45) is 0.00715. The molecule has 0 saturated carbocycles. The number of carbonyl (C=O) groups is 2. The lowest BCUT2D eigenvalue weighted by molar-refractivity contribution is -0.132. The lowest BCUT2D eigenvalue weighted by Crippen LogP contribution is -2.30. The first-order valence-corrected chi connectivity index (χ1v) is 12.0. The molecule has 6 heteroatoms. The predicted molar refractivity (Wildman–Crippen MR) is 144 cm³/mol. The van der Waals surface area contributed by atoms with Crippen LogP contribution in [0.1, 0.15) is 42.1 Å². The summed E-state index contributed by atoms with van der Waals surface area (Å²) in [7, 11) is 3.90. The summed E-state index contributed by atoms with van der Waals surface area (Å²) >= 11 is 0. The van der Waals surface area contributed by atoms with E-state index in [0.717, 1.165) is 22.4 Å². The Morgan fingerprint density at radius 1 is 0.944 bits per heavy atom. The molecule has 36 heavy (non-hydrogen) atoms. The molecule has 1 saturated heterocycles. The molecule has 6 nitrogen and oxygen atoms in total. The van der Waals surface area contributed by atoms with Crippen LogP contribution in [0.25, 0.3) is 5.76 Å². The molecule has 0 bridgehead atoms. The smallest absolute Gasteiger partial charge is 0.300 e. The lowest BCUT2D eigenvalue weighted by atomic mass is 9.94. The molecule has 1 N–H and O–H groups in total. The van der Waals surface area contributed by atoms with Gasteiger partial charge in [-0.3, -0.25) is 14.5 Å². The van der Waals surface area contributed by atoms with E-state index in [9.17, 15) is 14.7 Å². The number of para-hydroxylation sites is 1. The van der Waals surface area contributed by atoms with E-state index in [1.165, 1.54) is 4.90 Å². The minimum absolute atomic E-state index is 0.00715. The summed E-state index contributed by atoms with van der Waals surface area (Å²) in [5.74, 6) is -0.871. The van der Waals surface area contributed by atoms with Crippen molar-refractivity contribution in [1.82, 2.24) is 0 Å². The monoisotopic (exact) mass is 484 g/mol. The molecule has 1 fully saturated rings. The summed E-state index contributed by atoms with van der Waals surface area (Å²) in [5.41, 5.74) is 4.58. The van der Waals surface area contributed by atoms with Crippen molar-refractivity contribution >= 4 is 28.8 Å². The molecule has 4 rings (SSSR count). The Bertz CT molecular complexity index is 1340. The van der Waals surface area contributed by atoms with Gasteiger partial charge in [0.05, 0.1) is 17.7 Å². The Balaban J connectivity index is 1.90. The van der Waals surface area contributed by atoms with Crippen molar-refractivity contribution in [2.75, 3.05) is 23.9 Å². The van der Waals surface area contributed by atoms with Crippen LogP contribution in [0.4, 0.5) is 11.4 Å². The van der Waals surface area contributed by atoms with Crippen molar-refractivity contribution in [3.05, 3.63) is 94.6 Å². The highest BCUT2D eigenvalue weighted by Crippen LogP contribution is 2.43. The van der Waals surface area contributed by atoms with Crippen molar-refractivity contribution in [1.29, 1.82) is 0 Å². The van der Waals surface area contributed by atoms with Gasteiger partial charge in [-0.1, -0.05) is 30.3 Å². The second-order valence-electron chi connectivity index (χ2n) is 9.59. The fraction of sp³-hybridized carbons (Fsp3) is 0.267. The molecule has 0 spiro atoms. The standard InChI is InChI=1S/C30H32N2O4/c1-18(2)36-25-16-13-22(17-20(25)4)28(33)26-27(21-11-14-23(15-12-21)31(5)6)32(30(35)29(26)34)24-10-8-7-9-19(24)3/h7-18,27,33H,1-6H3/b28-26-. The number of ether oxygens (including phenoxy) is 1. The van der Waals surface area contributed by atoms with E-state index in [1.54, 1.807) is 18.2 Å². The summed E-state index contributed by atoms with van der Waals surface area (Å²) in [4.78, 5) is 30.3. The number of aliphatic hydroxyl groups is 1. The average molecular weight is 485 g/mol. The molecule has 0 aliphatic carbocycles. The van der Waals surface area contributed by atoms with Crippen LogP contribution >= 0.6 is 0 Å². The van der Waals surface area contributed by atoms with Crippen molar-refractivity contribution in [2.24, 2.45) is 0 Å². The highest BCUT2D eigenvalue weighted by molar-refractivity contribution is 6.51. The topological polar surface area (TPSA) is 70.1 Å². The molecule has 1 aliphatic heterocycles. The summed E-state index contributed by atoms with van der Waals surface area (Å²) in [6, 6.07) is 19.6. The highest BCUT2D eigenvalue weighted by atomic mass is 16.5. The Labute approximate surface area is 212 Å². The fourth-order valence-corrected chi connectivity index (χ4v) is 4.52. The minimum Gasteiger partial charge on any atom is -0.507 e. The van der Waals surface area contributed by atoms with Gasteiger partial charge in [-0.2, -0.15) is 0 Å². The van der Waals surface area contributed by atoms with Gasteiger partial charge in [0.1, 0.15) is 11.5 Å². The lowest BCUT2D eigenvalue weighted by Gasteiger charge is -2.27. The van der Waals surface area contributed by atoms with Gasteiger partial charge in [-0.05, 0) is 80.8 Å². The van der Waals surface area contributed by atoms with E-state index in [1.807, 2.05) is 95.2 Å². The van der Waals surface area contributed by atoms with Gasteiger partial charge in [0.2, 0.25) is 0 Å². The quantitative estimate of drug-likeness (QED) is 0.273. The molecule has 3 aromatic rings. The first kappa shape index (κ1) is 25.0. The van der Waals surface area contributed by atoms with Crippen LogP contribution in [-0.4, -0.2) is 37.0 Å². The fourth-order valence-electron chi connectivity index (χ4n) is 4.52. The molecule has 186 valence electrons. The molecule has 1 amide bonds. The van der Waals surface area contributed by atoms with Crippen LogP contribution in [-0.2, 0) is 9.59 Å². The number of benzene rings is 3. The largest absolute Gasteiger partial charge is 0.507 e. The van der Waals surface area contributed by atoms with Crippen molar-refractivity contribution in [2.45, 2.75) is 39.8 Å². The van der Waals surface area contributed by atoms with Gasteiger partial charge in [-0.15, -0.1) is 0 Å². The first-order chi connectivity index (χ1) is 17.1. The van der Waals surface area contributed by atoms with Crippen LogP contribution in [0.3, 0.4) is 0 Å². The van der Waals surface area contributed by atoms with Gasteiger partial charge in [0, 0.05) is 31.0 Å². The number of anilines is 2. The maximum atomic E-state index is 13.4. The van der Waals surface area contributed by atoms with Crippen molar-refractivity contribution < 1.29 is 19.4 Å². The summed E-state index contributed by atoms with van der Waals surface area (Å²) in [6.45, 7) is 7.68. The zero-order valence-corrected chi connectivity index (χ0v) is 21.6. The number of carbonyl (C=O) groups excluding carboxylic acids is 2. The van der Waals surface area contributed by atoms with E-state index >= 15 is 0 Å². The Kier molecular flexibility index (Phi) is 6.88. The van der Waals surface area contributed by atoms with Gasteiger partial charge < -0.3 is 14.7 Å². The zero-order valence-electron chi connectivity index (χ0n) is 21.6. The minimum atomic E-state index is -0.769. The SMILES string of the molecule is Cc1cc(/C(O)=C2/C(=O)C(=O)N(c3ccccc3C)C2c2ccc(N(C)C)cc2)ccc1OC(C)C. The number of Topliss-reactive ketones (excluding diaryl/α,β-unsaturated/α-hetero) is 1. The molecule has 0 radical (unpaired) electrons. The van der Waals surface area contributed by atoms with Crippen molar-refractivity contribution in [3.63, 3.8) is 0 Å². The third-order valence-corrected chi connectivity index (χ3v) is 6.36. The maximum Gasteiger partial charge on any atom is 0.300 e. The van der Waals surface area contributed by atoms with E-state index in [2.05, 4.69) is 0 Å². The molecule has 1 atom stereocenters. The van der Waals surface area contributed by atoms with Crippen LogP contribution < -0.4 is 14.5 Å². The number of nitrogens with zero attached hydrogens (tertiary/aromatic N) is 2. The van der Waals surface area contributed by atoms with Crippen LogP contribution in [0.5, 0.6) is 5.75 Å². The molecule has 1 heterocycles. The highest BCUT2D eigenvalue weighted by Gasteiger charge is 2.47. The number of rotatable bonds is 6. The summed E-state index contributed by atoms with van der Waals surface area (Å²) in [5, 5.41) is 11.4. The van der Waals surface area contributed by atoms with E-state index < -0.39 is 17.7 Å². The molecule has 1 unspecified atom stereocenters. The normalized spacial score (nSPS) is 17.1. The van der Waals surface area contributed by atoms with Gasteiger partial charge in [0.15, 0.2) is 0 Å². The first-order valence-electron chi connectivity index (χ1n) is 12.0. The number of ketones is 1. The number of aliphatic hydroxyl groups excluding tert-OH is 1. The van der Waals surface area contributed by atoms with Crippen molar-refractivity contribution in [3.8, 4) is 5.75 Å². The third kappa shape index (κ3) is 4.59. The molecular weight excluding hydrogens is 452 g/mol. The molecule has 3 aromatic carbocycles. The van der Waals surface area contributed by atoms with E-state index in [4.69, 9.17) is 4.74 Å². The maximum absolute atomic E-state index is 13.4.